The van der Waals surface area contributed by atoms with Gasteiger partial charge in [-0.1, -0.05) is 5.21 Å². The molecule has 0 unspecified atom stereocenters. The van der Waals surface area contributed by atoms with E-state index in [9.17, 15) is 13.6 Å². The Labute approximate surface area is 95.2 Å². The van der Waals surface area contributed by atoms with Gasteiger partial charge in [0.05, 0.1) is 12.3 Å². The molecule has 17 heavy (non-hydrogen) atoms. The summed E-state index contributed by atoms with van der Waals surface area (Å²) >= 11 is 0. The van der Waals surface area contributed by atoms with E-state index in [1.807, 2.05) is 0 Å². The molecule has 1 aromatic heterocycles. The highest BCUT2D eigenvalue weighted by molar-refractivity contribution is 5.91. The minimum absolute atomic E-state index is 0.0492. The second-order valence-electron chi connectivity index (χ2n) is 3.35. The Morgan fingerprint density at radius 1 is 1.65 bits per heavy atom. The Kier molecular flexibility index (Phi) is 4.07. The van der Waals surface area contributed by atoms with Gasteiger partial charge in [0, 0.05) is 7.11 Å². The first-order valence-electron chi connectivity index (χ1n) is 4.61. The topological polar surface area (TPSA) is 103 Å². The molecular formula is C8H12F2N4O3. The van der Waals surface area contributed by atoms with Crippen LogP contribution in [0.1, 0.15) is 16.2 Å². The number of carbonyl (C=O) groups excluding carboxylic acids is 1. The minimum atomic E-state index is -3.36. The number of nitrogens with two attached hydrogens (primary N) is 1. The summed E-state index contributed by atoms with van der Waals surface area (Å²) in [6.45, 7) is -2.36. The maximum absolute atomic E-state index is 13.0. The van der Waals surface area contributed by atoms with Gasteiger partial charge < -0.3 is 15.6 Å². The highest BCUT2D eigenvalue weighted by atomic mass is 19.3. The van der Waals surface area contributed by atoms with Crippen LogP contribution in [0.2, 0.25) is 0 Å². The molecule has 0 aromatic carbocycles. The standard InChI is InChI=1S/C8H12F2N4O3/c1-17-2-5-6(7(11)16)12-13-14(5)3-8(9,10)4-15/h15H,2-4H2,1H3,(H2,11,16). The number of carbonyl (C=O) groups is 1. The van der Waals surface area contributed by atoms with Crippen molar-refractivity contribution < 1.29 is 23.4 Å². The molecule has 0 aliphatic carbocycles. The van der Waals surface area contributed by atoms with Crippen molar-refractivity contribution in [2.24, 2.45) is 5.73 Å². The predicted molar refractivity (Wildman–Crippen MR) is 51.3 cm³/mol. The molecular weight excluding hydrogens is 238 g/mol. The Morgan fingerprint density at radius 3 is 2.76 bits per heavy atom. The van der Waals surface area contributed by atoms with Gasteiger partial charge >= 0.3 is 0 Å². The second kappa shape index (κ2) is 5.15. The largest absolute Gasteiger partial charge is 0.390 e. The van der Waals surface area contributed by atoms with Gasteiger partial charge in [-0.15, -0.1) is 5.10 Å². The SMILES string of the molecule is COCc1c(C(N)=O)nnn1CC(F)(F)CO. The summed E-state index contributed by atoms with van der Waals surface area (Å²) in [5, 5.41) is 15.2. The van der Waals surface area contributed by atoms with Crippen LogP contribution < -0.4 is 5.73 Å². The third-order valence-corrected chi connectivity index (χ3v) is 1.96. The molecule has 1 amide bonds. The van der Waals surface area contributed by atoms with Crippen LogP contribution in [-0.2, 0) is 17.9 Å². The number of rotatable bonds is 6. The summed E-state index contributed by atoms with van der Waals surface area (Å²) in [6.07, 6.45) is 0. The van der Waals surface area contributed by atoms with Gasteiger partial charge in [-0.05, 0) is 0 Å². The molecule has 0 radical (unpaired) electrons. The number of hydrogen-bond donors (Lipinski definition) is 2. The van der Waals surface area contributed by atoms with Gasteiger partial charge in [-0.25, -0.2) is 13.5 Å². The smallest absolute Gasteiger partial charge is 0.289 e. The van der Waals surface area contributed by atoms with E-state index in [0.29, 0.717) is 0 Å². The molecule has 7 nitrogen and oxygen atoms in total. The van der Waals surface area contributed by atoms with Crippen molar-refractivity contribution in [3.05, 3.63) is 11.4 Å². The van der Waals surface area contributed by atoms with Gasteiger partial charge in [0.25, 0.3) is 11.8 Å². The Balaban J connectivity index is 3.03. The molecule has 3 N–H and O–H groups in total. The zero-order valence-electron chi connectivity index (χ0n) is 9.06. The van der Waals surface area contributed by atoms with Crippen LogP contribution in [0.15, 0.2) is 0 Å². The summed E-state index contributed by atoms with van der Waals surface area (Å²) in [7, 11) is 1.33. The lowest BCUT2D eigenvalue weighted by Gasteiger charge is -2.14. The summed E-state index contributed by atoms with van der Waals surface area (Å²) < 4.78 is 31.5. The normalized spacial score (nSPS) is 11.8. The highest BCUT2D eigenvalue weighted by Gasteiger charge is 2.31. The first-order chi connectivity index (χ1) is 7.91. The van der Waals surface area contributed by atoms with Crippen LogP contribution in [0.3, 0.4) is 0 Å². The fourth-order valence-corrected chi connectivity index (χ4v) is 1.20. The van der Waals surface area contributed by atoms with E-state index in [1.165, 1.54) is 7.11 Å². The molecule has 0 saturated carbocycles. The lowest BCUT2D eigenvalue weighted by molar-refractivity contribution is -0.0666. The maximum Gasteiger partial charge on any atom is 0.289 e. The van der Waals surface area contributed by atoms with E-state index in [-0.39, 0.29) is 18.0 Å². The molecule has 0 spiro atoms. The molecule has 1 heterocycles. The molecule has 0 aliphatic rings. The van der Waals surface area contributed by atoms with Crippen LogP contribution >= 0.6 is 0 Å². The second-order valence-corrected chi connectivity index (χ2v) is 3.35. The molecule has 9 heteroatoms. The zero-order valence-corrected chi connectivity index (χ0v) is 9.06. The van der Waals surface area contributed by atoms with Gasteiger partial charge in [0.2, 0.25) is 0 Å². The number of methoxy groups -OCH3 is 1. The Bertz CT molecular complexity index is 407. The van der Waals surface area contributed by atoms with Gasteiger partial charge in [-0.2, -0.15) is 0 Å². The fourth-order valence-electron chi connectivity index (χ4n) is 1.20. The summed E-state index contributed by atoms with van der Waals surface area (Å²) in [4.78, 5) is 11.0. The van der Waals surface area contributed by atoms with Crippen molar-refractivity contribution in [2.75, 3.05) is 13.7 Å². The number of amides is 1. The molecule has 0 fully saturated rings. The molecule has 1 aromatic rings. The van der Waals surface area contributed by atoms with Gasteiger partial charge in [0.1, 0.15) is 13.2 Å². The molecule has 96 valence electrons. The quantitative estimate of drug-likeness (QED) is 0.684. The van der Waals surface area contributed by atoms with Crippen molar-refractivity contribution in [1.82, 2.24) is 15.0 Å². The molecule has 1 rings (SSSR count). The van der Waals surface area contributed by atoms with Crippen LogP contribution in [0.4, 0.5) is 8.78 Å². The lowest BCUT2D eigenvalue weighted by Crippen LogP contribution is -2.30. The monoisotopic (exact) mass is 250 g/mol. The highest BCUT2D eigenvalue weighted by Crippen LogP contribution is 2.17. The number of alkyl halides is 2. The van der Waals surface area contributed by atoms with E-state index in [2.05, 4.69) is 10.3 Å². The van der Waals surface area contributed by atoms with Crippen LogP contribution in [0, 0.1) is 0 Å². The van der Waals surface area contributed by atoms with Crippen LogP contribution in [-0.4, -0.2) is 45.6 Å². The molecule has 0 saturated heterocycles. The number of primary amides is 1. The van der Waals surface area contributed by atoms with E-state index in [4.69, 9.17) is 15.6 Å². The fraction of sp³-hybridized carbons (Fsp3) is 0.625. The Morgan fingerprint density at radius 2 is 2.29 bits per heavy atom. The molecule has 0 aliphatic heterocycles. The predicted octanol–water partition coefficient (Wildman–Crippen LogP) is -0.849. The number of nitrogens with zero attached hydrogens (tertiary/aromatic N) is 3. The number of hydrogen-bond acceptors (Lipinski definition) is 5. The Hall–Kier alpha value is -1.61. The first kappa shape index (κ1) is 13.5. The number of halogens is 2. The van der Waals surface area contributed by atoms with Crippen molar-refractivity contribution >= 4 is 5.91 Å². The number of ether oxygens (including phenoxy) is 1. The average Bonchev–Trinajstić information content (AvgIpc) is 2.62. The van der Waals surface area contributed by atoms with E-state index in [1.54, 1.807) is 0 Å². The molecule has 0 atom stereocenters. The van der Waals surface area contributed by atoms with Crippen molar-refractivity contribution in [3.8, 4) is 0 Å². The number of aliphatic hydroxyl groups excluding tert-OH is 1. The third kappa shape index (κ3) is 3.17. The number of aliphatic hydroxyl groups is 1. The third-order valence-electron chi connectivity index (χ3n) is 1.96. The van der Waals surface area contributed by atoms with Crippen molar-refractivity contribution in [1.29, 1.82) is 0 Å². The number of aromatic nitrogens is 3. The van der Waals surface area contributed by atoms with Crippen molar-refractivity contribution in [2.45, 2.75) is 19.1 Å². The van der Waals surface area contributed by atoms with Crippen LogP contribution in [0.25, 0.3) is 0 Å². The van der Waals surface area contributed by atoms with Crippen LogP contribution in [0.5, 0.6) is 0 Å². The summed E-state index contributed by atoms with van der Waals surface area (Å²) in [5.41, 5.74) is 4.83. The maximum atomic E-state index is 13.0. The average molecular weight is 250 g/mol. The zero-order chi connectivity index (χ0) is 13.1. The van der Waals surface area contributed by atoms with E-state index >= 15 is 0 Å². The van der Waals surface area contributed by atoms with Crippen molar-refractivity contribution in [3.63, 3.8) is 0 Å². The summed E-state index contributed by atoms with van der Waals surface area (Å²) in [6, 6.07) is 0. The van der Waals surface area contributed by atoms with E-state index < -0.39 is 25.0 Å². The lowest BCUT2D eigenvalue weighted by atomic mass is 10.3. The molecule has 0 bridgehead atoms. The minimum Gasteiger partial charge on any atom is -0.390 e. The summed E-state index contributed by atoms with van der Waals surface area (Å²) in [5.74, 6) is -4.24. The first-order valence-corrected chi connectivity index (χ1v) is 4.61. The van der Waals surface area contributed by atoms with Gasteiger partial charge in [0.15, 0.2) is 5.69 Å². The van der Waals surface area contributed by atoms with Gasteiger partial charge in [-0.3, -0.25) is 4.79 Å². The van der Waals surface area contributed by atoms with E-state index in [0.717, 1.165) is 4.68 Å².